The van der Waals surface area contributed by atoms with E-state index < -0.39 is 0 Å². The van der Waals surface area contributed by atoms with Crippen molar-refractivity contribution >= 4 is 153 Å². The summed E-state index contributed by atoms with van der Waals surface area (Å²) in [6.07, 6.45) is 0. The first-order valence-electron chi connectivity index (χ1n) is 17.8. The van der Waals surface area contributed by atoms with Gasteiger partial charge in [0, 0.05) is 42.6 Å². The minimum Gasteiger partial charge on any atom is -0.378 e. The molecule has 0 fully saturated rings. The summed E-state index contributed by atoms with van der Waals surface area (Å²) in [6.45, 7) is 7.85. The molecule has 0 bridgehead atoms. The van der Waals surface area contributed by atoms with Gasteiger partial charge in [0.15, 0.2) is 0 Å². The van der Waals surface area contributed by atoms with Crippen LogP contribution in [0.4, 0.5) is 11.4 Å². The first-order chi connectivity index (χ1) is 27.7. The zero-order valence-electron chi connectivity index (χ0n) is 30.0. The van der Waals surface area contributed by atoms with Crippen LogP contribution in [0, 0.1) is 0 Å². The second-order valence-corrected chi connectivity index (χ2v) is 26.4. The molecule has 0 radical (unpaired) electrons. The summed E-state index contributed by atoms with van der Waals surface area (Å²) in [5.74, 6) is 3.73. The number of hydrogen-bond acceptors (Lipinski definition) is 20. The third-order valence-electron chi connectivity index (χ3n) is 7.69. The van der Waals surface area contributed by atoms with Crippen LogP contribution in [-0.4, -0.2) is 102 Å². The van der Waals surface area contributed by atoms with Crippen LogP contribution in [0.1, 0.15) is 0 Å². The van der Waals surface area contributed by atoms with Gasteiger partial charge in [-0.15, -0.1) is 47.0 Å². The van der Waals surface area contributed by atoms with Crippen LogP contribution in [0.5, 0.6) is 0 Å². The predicted octanol–water partition coefficient (Wildman–Crippen LogP) is 13.0. The molecule has 8 nitrogen and oxygen atoms in total. The number of ether oxygens (including phenoxy) is 6. The van der Waals surface area contributed by atoms with Crippen molar-refractivity contribution < 1.29 is 28.4 Å². The van der Waals surface area contributed by atoms with Crippen LogP contribution < -0.4 is 0 Å². The minimum atomic E-state index is 0.616. The van der Waals surface area contributed by atoms with Gasteiger partial charge in [-0.3, -0.25) is 0 Å². The van der Waals surface area contributed by atoms with Gasteiger partial charge >= 0.3 is 0 Å². The van der Waals surface area contributed by atoms with Gasteiger partial charge in [-0.05, 0) is 36.4 Å². The molecule has 0 atom stereocenters. The highest BCUT2D eigenvalue weighted by Gasteiger charge is 2.31. The van der Waals surface area contributed by atoms with Crippen molar-refractivity contribution in [1.82, 2.24) is 0 Å². The van der Waals surface area contributed by atoms with E-state index in [2.05, 4.69) is 36.4 Å². The number of thioether (sulfide) groups is 12. The van der Waals surface area contributed by atoms with Crippen LogP contribution in [-0.2, 0) is 28.4 Å². The summed E-state index contributed by atoms with van der Waals surface area (Å²) >= 11 is 22.6. The van der Waals surface area contributed by atoms with Crippen molar-refractivity contribution in [3.05, 3.63) is 70.3 Å². The second-order valence-electron chi connectivity index (χ2n) is 11.6. The van der Waals surface area contributed by atoms with E-state index in [1.54, 1.807) is 0 Å². The minimum absolute atomic E-state index is 0.616. The summed E-state index contributed by atoms with van der Waals surface area (Å²) in [5, 5.41) is 9.39. The molecule has 0 saturated carbocycles. The van der Waals surface area contributed by atoms with Crippen molar-refractivity contribution in [2.75, 3.05) is 102 Å². The first-order valence-corrected chi connectivity index (χ1v) is 28.3. The number of hydrogen-bond donors (Lipinski definition) is 0. The number of azo groups is 1. The molecule has 300 valence electrons. The van der Waals surface area contributed by atoms with Crippen molar-refractivity contribution in [3.8, 4) is 0 Å². The maximum Gasteiger partial charge on any atom is 0.0869 e. The van der Waals surface area contributed by atoms with Gasteiger partial charge in [-0.2, -0.15) is 10.2 Å². The standard InChI is InChI=1S/C36H38N2O6S12/c1-3-25-27(51-33(49-25)35-53-29-30(54-35)46-18-14-42-10-6-39-5-9-41-13-17-45-29)21-23(1)37-38-24-2-4-26-28(22-24)52-34(50-26)36-55-31-32(56-36)48-20-16-44-12-8-40-7-11-43-15-19-47-31/h1-4,21-22H,5-20H2. The fraction of sp³-hybridized carbons (Fsp3) is 0.444. The van der Waals surface area contributed by atoms with Gasteiger partial charge in [-0.1, -0.05) is 94.1 Å². The first kappa shape index (κ1) is 43.6. The Morgan fingerprint density at radius 3 is 0.929 bits per heavy atom. The Kier molecular flexibility index (Phi) is 18.2. The monoisotopic (exact) mass is 978 g/mol. The Morgan fingerprint density at radius 1 is 0.304 bits per heavy atom. The maximum absolute atomic E-state index is 5.78. The Hall–Kier alpha value is 0.960. The summed E-state index contributed by atoms with van der Waals surface area (Å²) in [6, 6.07) is 12.9. The van der Waals surface area contributed by atoms with Gasteiger partial charge in [-0.25, -0.2) is 0 Å². The topological polar surface area (TPSA) is 80.1 Å². The highest BCUT2D eigenvalue weighted by atomic mass is 32.3. The Bertz CT molecular complexity index is 1690. The average molecular weight is 980 g/mol. The third kappa shape index (κ3) is 12.8. The molecule has 0 N–H and O–H groups in total. The molecule has 0 aromatic heterocycles. The van der Waals surface area contributed by atoms with Crippen LogP contribution >= 0.6 is 141 Å². The zero-order valence-corrected chi connectivity index (χ0v) is 39.8. The van der Waals surface area contributed by atoms with Crippen LogP contribution in [0.3, 0.4) is 0 Å². The highest BCUT2D eigenvalue weighted by molar-refractivity contribution is 8.43. The fourth-order valence-corrected chi connectivity index (χ4v) is 22.1. The van der Waals surface area contributed by atoms with Crippen LogP contribution in [0.25, 0.3) is 0 Å². The summed E-state index contributed by atoms with van der Waals surface area (Å²) in [7, 11) is 0. The molecule has 0 spiro atoms. The quantitative estimate of drug-likeness (QED) is 0.268. The Labute approximate surface area is 379 Å². The lowest BCUT2D eigenvalue weighted by Gasteiger charge is -2.06. The number of fused-ring (bicyclic) bond motifs is 2. The molecular formula is C36H38N2O6S12. The van der Waals surface area contributed by atoms with E-state index in [9.17, 15) is 0 Å². The number of nitrogens with zero attached hydrogens (tertiary/aromatic N) is 2. The fourth-order valence-electron chi connectivity index (χ4n) is 5.09. The molecule has 20 heteroatoms. The van der Waals surface area contributed by atoms with E-state index in [1.165, 1.54) is 53.5 Å². The number of rotatable bonds is 2. The van der Waals surface area contributed by atoms with E-state index >= 15 is 0 Å². The van der Waals surface area contributed by atoms with Crippen molar-refractivity contribution in [2.45, 2.75) is 19.6 Å². The largest absolute Gasteiger partial charge is 0.378 e. The SMILES string of the molecule is c1cc2c(cc1N=Nc1ccc3c(c1)SC(=C1SC4=C(SCCOCCOCCOCCS4)S1)S3)SC(=C1SC3=C(SCCOCCOCCOCCS3)S1)S2. The molecule has 56 heavy (non-hydrogen) atoms. The van der Waals surface area contributed by atoms with Crippen molar-refractivity contribution in [3.63, 3.8) is 0 Å². The average Bonchev–Trinajstić information content (AvgIpc) is 4.01. The lowest BCUT2D eigenvalue weighted by molar-refractivity contribution is 0.0205. The molecule has 2 aromatic rings. The smallest absolute Gasteiger partial charge is 0.0869 e. The molecule has 8 rings (SSSR count). The molecule has 0 saturated heterocycles. The van der Waals surface area contributed by atoms with E-state index in [0.717, 1.165) is 60.8 Å². The normalized spacial score (nSPS) is 23.1. The Morgan fingerprint density at radius 2 is 0.589 bits per heavy atom. The summed E-state index contributed by atoms with van der Waals surface area (Å²) < 4.78 is 45.2. The maximum atomic E-state index is 5.78. The van der Waals surface area contributed by atoms with Crippen LogP contribution in [0.2, 0.25) is 0 Å². The van der Waals surface area contributed by atoms with E-state index in [1.807, 2.05) is 141 Å². The molecule has 6 aliphatic rings. The van der Waals surface area contributed by atoms with Crippen LogP contribution in [0.15, 0.2) is 100 Å². The van der Waals surface area contributed by atoms with Gasteiger partial charge in [0.05, 0.1) is 125 Å². The van der Waals surface area contributed by atoms with Gasteiger partial charge in [0.25, 0.3) is 0 Å². The van der Waals surface area contributed by atoms with Crippen molar-refractivity contribution in [2.24, 2.45) is 10.2 Å². The lowest BCUT2D eigenvalue weighted by atomic mass is 10.3. The van der Waals surface area contributed by atoms with E-state index in [4.69, 9.17) is 38.6 Å². The second kappa shape index (κ2) is 23.4. The molecule has 0 amide bonds. The van der Waals surface area contributed by atoms with Gasteiger partial charge < -0.3 is 28.4 Å². The highest BCUT2D eigenvalue weighted by Crippen LogP contribution is 2.66. The molecule has 6 aliphatic heterocycles. The van der Waals surface area contributed by atoms with Crippen molar-refractivity contribution in [1.29, 1.82) is 0 Å². The Balaban J connectivity index is 0.871. The molecular weight excluding hydrogens is 941 g/mol. The molecule has 0 unspecified atom stereocenters. The third-order valence-corrected chi connectivity index (χ3v) is 24.7. The van der Waals surface area contributed by atoms with E-state index in [0.29, 0.717) is 52.9 Å². The molecule has 6 heterocycles. The zero-order chi connectivity index (χ0) is 37.8. The van der Waals surface area contributed by atoms with E-state index in [-0.39, 0.29) is 0 Å². The lowest BCUT2D eigenvalue weighted by Crippen LogP contribution is -2.11. The summed E-state index contributed by atoms with van der Waals surface area (Å²) in [4.78, 5) is 5.02. The predicted molar refractivity (Wildman–Crippen MR) is 254 cm³/mol. The van der Waals surface area contributed by atoms with Gasteiger partial charge in [0.2, 0.25) is 0 Å². The molecule has 2 aromatic carbocycles. The van der Waals surface area contributed by atoms with Gasteiger partial charge in [0.1, 0.15) is 0 Å². The summed E-state index contributed by atoms with van der Waals surface area (Å²) in [5.41, 5.74) is 1.73. The number of benzene rings is 2. The molecule has 0 aliphatic carbocycles.